The van der Waals surface area contributed by atoms with Crippen molar-refractivity contribution in [1.29, 1.82) is 0 Å². The minimum Gasteiger partial charge on any atom is -0.508 e. The molecule has 67 heavy (non-hydrogen) atoms. The van der Waals surface area contributed by atoms with Gasteiger partial charge in [-0.3, -0.25) is 4.57 Å². The van der Waals surface area contributed by atoms with Crippen LogP contribution in [0.15, 0.2) is 158 Å². The molecule has 0 fully saturated rings. The van der Waals surface area contributed by atoms with Crippen LogP contribution in [0.1, 0.15) is 88.6 Å². The Labute approximate surface area is 419 Å². The summed E-state index contributed by atoms with van der Waals surface area (Å²) < 4.78 is 74.6. The molecule has 10 aromatic rings. The average Bonchev–Trinajstić information content (AvgIpc) is 3.90. The summed E-state index contributed by atoms with van der Waals surface area (Å²) in [6, 6.07) is 42.2. The van der Waals surface area contributed by atoms with Crippen LogP contribution in [0.25, 0.3) is 72.4 Å². The number of fused-ring (bicyclic) bond motifs is 4. The third-order valence-corrected chi connectivity index (χ3v) is 11.7. The molecule has 0 aliphatic rings. The van der Waals surface area contributed by atoms with Crippen molar-refractivity contribution in [2.75, 3.05) is 0 Å². The predicted octanol–water partition coefficient (Wildman–Crippen LogP) is 14.5. The first-order chi connectivity index (χ1) is 34.4. The Bertz CT molecular complexity index is 3780. The largest absolute Gasteiger partial charge is 0.508 e. The van der Waals surface area contributed by atoms with Gasteiger partial charge >= 0.3 is 0 Å². The fourth-order valence-electron chi connectivity index (χ4n) is 8.48. The first kappa shape index (κ1) is 37.5. The Morgan fingerprint density at radius 1 is 0.672 bits per heavy atom. The molecule has 0 atom stereocenters. The van der Waals surface area contributed by atoms with Gasteiger partial charge in [-0.1, -0.05) is 171 Å². The number of hydrogen-bond donors (Lipinski definition) is 0. The Kier molecular flexibility index (Phi) is 9.81. The molecular formula is C60H55N5OPt-2. The van der Waals surface area contributed by atoms with Crippen molar-refractivity contribution in [3.05, 3.63) is 193 Å². The summed E-state index contributed by atoms with van der Waals surface area (Å²) in [5, 5.41) is 0.885. The maximum atomic E-state index is 9.20. The summed E-state index contributed by atoms with van der Waals surface area (Å²) in [6.45, 7) is 18.8. The van der Waals surface area contributed by atoms with E-state index in [0.717, 1.165) is 44.2 Å². The van der Waals surface area contributed by atoms with E-state index in [0.29, 0.717) is 50.9 Å². The monoisotopic (exact) mass is 1060 g/mol. The summed E-state index contributed by atoms with van der Waals surface area (Å²) in [4.78, 5) is 9.61. The number of nitrogens with zero attached hydrogens (tertiary/aromatic N) is 5. The quantitative estimate of drug-likeness (QED) is 0.113. The second-order valence-corrected chi connectivity index (χ2v) is 19.8. The van der Waals surface area contributed by atoms with Crippen molar-refractivity contribution in [2.24, 2.45) is 5.41 Å². The number of aromatic nitrogens is 5. The van der Waals surface area contributed by atoms with E-state index in [2.05, 4.69) is 78.2 Å². The van der Waals surface area contributed by atoms with E-state index < -0.39 is 29.9 Å². The van der Waals surface area contributed by atoms with E-state index in [1.54, 1.807) is 30.6 Å². The third kappa shape index (κ3) is 9.00. The fourth-order valence-corrected chi connectivity index (χ4v) is 8.48. The van der Waals surface area contributed by atoms with Crippen LogP contribution in [0, 0.1) is 23.9 Å². The van der Waals surface area contributed by atoms with Crippen LogP contribution >= 0.6 is 0 Å². The average molecular weight is 1060 g/mol. The molecule has 0 aliphatic heterocycles. The van der Waals surface area contributed by atoms with Crippen LogP contribution in [0.2, 0.25) is 0 Å². The molecule has 7 heteroatoms. The summed E-state index contributed by atoms with van der Waals surface area (Å²) in [7, 11) is 0. The minimum atomic E-state index is -1.65. The molecule has 4 aromatic heterocycles. The van der Waals surface area contributed by atoms with E-state index in [-0.39, 0.29) is 49.5 Å². The topological polar surface area (TPSA) is 48.8 Å². The number of hydrogen-bond acceptors (Lipinski definition) is 3. The van der Waals surface area contributed by atoms with E-state index >= 15 is 0 Å². The van der Waals surface area contributed by atoms with Gasteiger partial charge in [0.15, 0.2) is 0 Å². The number of ether oxygens (including phenoxy) is 1. The molecule has 0 radical (unpaired) electrons. The molecule has 0 saturated carbocycles. The Morgan fingerprint density at radius 3 is 2.06 bits per heavy atom. The van der Waals surface area contributed by atoms with Crippen LogP contribution in [0.5, 0.6) is 11.5 Å². The zero-order chi connectivity index (χ0) is 52.1. The second-order valence-electron chi connectivity index (χ2n) is 19.8. The molecule has 4 heterocycles. The van der Waals surface area contributed by atoms with Crippen LogP contribution in [0.4, 0.5) is 0 Å². The van der Waals surface area contributed by atoms with E-state index in [9.17, 15) is 2.74 Å². The molecular weight excluding hydrogens is 1000 g/mol. The van der Waals surface area contributed by atoms with Gasteiger partial charge in [0.2, 0.25) is 0 Å². The van der Waals surface area contributed by atoms with E-state index in [1.165, 1.54) is 0 Å². The SMILES string of the molecule is [2H]c1c([2H])c([2H])c(-c2cccc(-c3cc(C(C)(C)C)cc(C(C)(C)C)c3)c2-[n+]2[c-]n(-c3[c-]c(Oc4[c-]c5c(nc4)c4ccccc4n5-c4cc(C([2H])([2H])C(C)(C)C)ccn4)ccc3)c3ccccc32)c([2H])c1[2H].[Pt]. The van der Waals surface area contributed by atoms with Gasteiger partial charge in [-0.2, -0.15) is 12.1 Å². The van der Waals surface area contributed by atoms with Crippen molar-refractivity contribution in [2.45, 2.75) is 79.5 Å². The van der Waals surface area contributed by atoms with Gasteiger partial charge in [-0.15, -0.1) is 18.2 Å². The molecule has 6 aromatic carbocycles. The van der Waals surface area contributed by atoms with Gasteiger partial charge in [0, 0.05) is 47.0 Å². The smallest absolute Gasteiger partial charge is 0.268 e. The first-order valence-corrected chi connectivity index (χ1v) is 22.2. The van der Waals surface area contributed by atoms with Crippen LogP contribution in [-0.2, 0) is 38.3 Å². The molecule has 0 N–H and O–H groups in total. The van der Waals surface area contributed by atoms with Crippen molar-refractivity contribution in [3.8, 4) is 50.9 Å². The minimum absolute atomic E-state index is 0. The van der Waals surface area contributed by atoms with Crippen molar-refractivity contribution >= 4 is 33.0 Å². The first-order valence-electron chi connectivity index (χ1n) is 25.7. The maximum absolute atomic E-state index is 9.20. The van der Waals surface area contributed by atoms with Crippen LogP contribution in [0.3, 0.4) is 0 Å². The number of benzene rings is 6. The standard InChI is InChI=1S/C60H55N5O.Pt/c1-58(2,3)37-40-29-30-61-55(31-40)65-51-26-14-13-23-50(51)56-54(65)36-47(38-62-56)66-46-22-17-21-45(35-46)63-39-64(53-28-16-15-27-52(53)63)57-48(41-19-11-10-12-20-41)24-18-25-49(57)42-32-43(59(4,5)6)34-44(33-42)60(7,8)9;/h10-34,38H,37H2,1-9H3;/q-2;/i10D,11D,12D,19D,20D,37D2;. The van der Waals surface area contributed by atoms with Gasteiger partial charge in [0.25, 0.3) is 6.33 Å². The van der Waals surface area contributed by atoms with Crippen molar-refractivity contribution in [1.82, 2.24) is 19.1 Å². The Morgan fingerprint density at radius 2 is 1.34 bits per heavy atom. The van der Waals surface area contributed by atoms with Gasteiger partial charge < -0.3 is 18.9 Å². The molecule has 0 bridgehead atoms. The van der Waals surface area contributed by atoms with Crippen molar-refractivity contribution in [3.63, 3.8) is 0 Å². The predicted molar refractivity (Wildman–Crippen MR) is 269 cm³/mol. The molecule has 6 nitrogen and oxygen atoms in total. The number of rotatable bonds is 8. The van der Waals surface area contributed by atoms with Gasteiger partial charge in [0.1, 0.15) is 5.82 Å². The van der Waals surface area contributed by atoms with Crippen LogP contribution in [-0.4, -0.2) is 19.1 Å². The summed E-state index contributed by atoms with van der Waals surface area (Å²) >= 11 is 0. The van der Waals surface area contributed by atoms with Gasteiger partial charge in [-0.25, -0.2) is 4.98 Å². The molecule has 0 amide bonds. The van der Waals surface area contributed by atoms with Crippen LogP contribution < -0.4 is 9.30 Å². The molecule has 338 valence electrons. The van der Waals surface area contributed by atoms with Gasteiger partial charge in [-0.05, 0) is 108 Å². The summed E-state index contributed by atoms with van der Waals surface area (Å²) in [6.07, 6.45) is 5.25. The zero-order valence-electron chi connectivity index (χ0n) is 46.1. The van der Waals surface area contributed by atoms with Gasteiger partial charge in [0.05, 0.1) is 23.6 Å². The molecule has 0 unspecified atom stereocenters. The molecule has 0 aliphatic carbocycles. The fraction of sp³-hybridized carbons (Fsp3) is 0.217. The van der Waals surface area contributed by atoms with Crippen molar-refractivity contribution < 1.29 is 40.0 Å². The Hall–Kier alpha value is -6.62. The molecule has 10 rings (SSSR count). The Balaban J connectivity index is 0.00000672. The molecule has 0 saturated heterocycles. The summed E-state index contributed by atoms with van der Waals surface area (Å²) in [5.41, 5.74) is 8.77. The van der Waals surface area contributed by atoms with E-state index in [4.69, 9.17) is 21.6 Å². The van der Waals surface area contributed by atoms with E-state index in [1.807, 2.05) is 113 Å². The third-order valence-electron chi connectivity index (χ3n) is 11.7. The number of para-hydroxylation sites is 4. The second kappa shape index (κ2) is 17.6. The zero-order valence-corrected chi connectivity index (χ0v) is 41.4. The molecule has 0 spiro atoms. The number of imidazole rings is 1. The summed E-state index contributed by atoms with van der Waals surface area (Å²) in [5.74, 6) is 1.23. The maximum Gasteiger partial charge on any atom is 0.268 e. The normalized spacial score (nSPS) is 13.9. The number of pyridine rings is 2.